The van der Waals surface area contributed by atoms with Gasteiger partial charge in [-0.15, -0.1) is 42.0 Å². The van der Waals surface area contributed by atoms with Gasteiger partial charge in [-0.25, -0.2) is 9.37 Å². The Kier molecular flexibility index (Phi) is 11.2. The number of nitrogens with zero attached hydrogens (tertiary/aromatic N) is 4. The molecule has 0 N–H and O–H groups in total. The number of imidazole rings is 1. The quantitative estimate of drug-likeness (QED) is 0.156. The third kappa shape index (κ3) is 8.40. The minimum Gasteiger partial charge on any atom is -0.501 e. The van der Waals surface area contributed by atoms with Gasteiger partial charge in [0.25, 0.3) is 0 Å². The molecule has 0 amide bonds. The molecular formula is C56H48F2IrN4O-2. The van der Waals surface area contributed by atoms with E-state index in [1.54, 1.807) is 24.4 Å². The van der Waals surface area contributed by atoms with Crippen LogP contribution in [0.25, 0.3) is 83.5 Å². The number of furan rings is 1. The first-order valence-corrected chi connectivity index (χ1v) is 21.2. The topological polar surface area (TPSA) is 56.7 Å². The van der Waals surface area contributed by atoms with Crippen molar-refractivity contribution in [2.24, 2.45) is 0 Å². The van der Waals surface area contributed by atoms with Gasteiger partial charge in [0.2, 0.25) is 0 Å². The van der Waals surface area contributed by atoms with Crippen LogP contribution in [0.3, 0.4) is 0 Å². The summed E-state index contributed by atoms with van der Waals surface area (Å²) in [5.41, 5.74) is 11.6. The van der Waals surface area contributed by atoms with Gasteiger partial charge in [0.1, 0.15) is 11.4 Å². The monoisotopic (exact) mass is 1030 g/mol. The molecule has 64 heavy (non-hydrogen) atoms. The molecule has 0 atom stereocenters. The van der Waals surface area contributed by atoms with Crippen molar-refractivity contribution >= 4 is 44.0 Å². The average molecular weight is 1030 g/mol. The van der Waals surface area contributed by atoms with E-state index in [0.717, 1.165) is 72.6 Å². The summed E-state index contributed by atoms with van der Waals surface area (Å²) in [5, 5.41) is 3.02. The molecule has 4 aromatic heterocycles. The van der Waals surface area contributed by atoms with E-state index in [1.165, 1.54) is 23.3 Å². The number of hydrogen-bond donors (Lipinski definition) is 0. The Morgan fingerprint density at radius 1 is 0.734 bits per heavy atom. The van der Waals surface area contributed by atoms with Crippen molar-refractivity contribution in [2.45, 2.75) is 72.6 Å². The second kappa shape index (κ2) is 17.7. The summed E-state index contributed by atoms with van der Waals surface area (Å²) in [5.74, 6) is 0.406. The minimum absolute atomic E-state index is 0. The smallest absolute Gasteiger partial charge is 0.168 e. The maximum absolute atomic E-state index is 14.1. The number of fused-ring (bicyclic) bond motifs is 5. The fourth-order valence-corrected chi connectivity index (χ4v) is 8.18. The van der Waals surface area contributed by atoms with Gasteiger partial charge in [-0.05, 0) is 81.1 Å². The first-order valence-electron chi connectivity index (χ1n) is 22.7. The van der Waals surface area contributed by atoms with Gasteiger partial charge < -0.3 is 14.0 Å². The molecule has 0 bridgehead atoms. The summed E-state index contributed by atoms with van der Waals surface area (Å²) in [4.78, 5) is 14.5. The fourth-order valence-electron chi connectivity index (χ4n) is 8.18. The van der Waals surface area contributed by atoms with Gasteiger partial charge in [0, 0.05) is 52.7 Å². The van der Waals surface area contributed by atoms with Crippen LogP contribution in [-0.4, -0.2) is 19.5 Å². The Labute approximate surface area is 390 Å². The number of benzene rings is 6. The predicted octanol–water partition coefficient (Wildman–Crippen LogP) is 15.3. The first kappa shape index (κ1) is 40.4. The molecule has 1 radical (unpaired) electrons. The Balaban J connectivity index is 0.000000234. The molecule has 0 saturated carbocycles. The van der Waals surface area contributed by atoms with Gasteiger partial charge in [-0.2, -0.15) is 0 Å². The zero-order valence-corrected chi connectivity index (χ0v) is 39.0. The van der Waals surface area contributed by atoms with Crippen LogP contribution in [0.5, 0.6) is 0 Å². The standard InChI is InChI=1S/C40H31FN3O.C16H17FN.Ir/c1-23(2)29-13-8-14-30(24(3)4)37(29)44-35-21-27-10-5-6-17-34(27)42-39(35)43-40(44)33-16-9-15-32-31-19-18-26(22-36(31)45-38(32)33)25-11-7-12-28(41)20-25;1-11-5-7-13(14(17)9-11)15-8-6-12(10-18-15)16(2,3)4;/h5-15,17-24H,1-4H3;5-6,8-10H,1-4H3;/q2*-1;/i;1D3;. The Hall–Kier alpha value is -6.34. The van der Waals surface area contributed by atoms with Gasteiger partial charge in [-0.1, -0.05) is 145 Å². The zero-order chi connectivity index (χ0) is 46.7. The summed E-state index contributed by atoms with van der Waals surface area (Å²) >= 11 is 0. The summed E-state index contributed by atoms with van der Waals surface area (Å²) < 4.78 is 58.9. The van der Waals surface area contributed by atoms with E-state index < -0.39 is 12.7 Å². The number of aromatic nitrogens is 4. The van der Waals surface area contributed by atoms with E-state index >= 15 is 0 Å². The van der Waals surface area contributed by atoms with Gasteiger partial charge >= 0.3 is 0 Å². The van der Waals surface area contributed by atoms with Crippen molar-refractivity contribution in [1.82, 2.24) is 19.5 Å². The third-order valence-corrected chi connectivity index (χ3v) is 11.5. The number of halogens is 2. The van der Waals surface area contributed by atoms with Crippen LogP contribution in [-0.2, 0) is 25.5 Å². The van der Waals surface area contributed by atoms with E-state index in [1.807, 2.05) is 60.7 Å². The van der Waals surface area contributed by atoms with Crippen LogP contribution in [0, 0.1) is 30.6 Å². The number of para-hydroxylation sites is 2. The van der Waals surface area contributed by atoms with Crippen LogP contribution in [0.15, 0.2) is 138 Å². The predicted molar refractivity (Wildman–Crippen MR) is 253 cm³/mol. The Bertz CT molecular complexity index is 3420. The summed E-state index contributed by atoms with van der Waals surface area (Å²) in [6.45, 7) is 12.8. The van der Waals surface area contributed by atoms with Crippen molar-refractivity contribution in [3.63, 3.8) is 0 Å². The molecule has 0 aliphatic carbocycles. The summed E-state index contributed by atoms with van der Waals surface area (Å²) in [6, 6.07) is 45.7. The molecule has 8 heteroatoms. The Morgan fingerprint density at radius 3 is 2.17 bits per heavy atom. The molecule has 0 aliphatic heterocycles. The maximum Gasteiger partial charge on any atom is 0.168 e. The van der Waals surface area contributed by atoms with Crippen LogP contribution >= 0.6 is 0 Å². The second-order valence-corrected chi connectivity index (χ2v) is 17.6. The second-order valence-electron chi connectivity index (χ2n) is 17.6. The minimum atomic E-state index is -2.33. The molecule has 4 heterocycles. The van der Waals surface area contributed by atoms with Crippen molar-refractivity contribution in [3.05, 3.63) is 180 Å². The van der Waals surface area contributed by atoms with Crippen molar-refractivity contribution in [2.75, 3.05) is 0 Å². The summed E-state index contributed by atoms with van der Waals surface area (Å²) in [6.07, 6.45) is 1.71. The maximum atomic E-state index is 14.1. The molecule has 0 saturated heterocycles. The van der Waals surface area contributed by atoms with Crippen LogP contribution < -0.4 is 0 Å². The summed E-state index contributed by atoms with van der Waals surface area (Å²) in [7, 11) is 0. The molecule has 5 nitrogen and oxygen atoms in total. The number of hydrogen-bond acceptors (Lipinski definition) is 4. The van der Waals surface area contributed by atoms with Crippen LogP contribution in [0.2, 0.25) is 0 Å². The van der Waals surface area contributed by atoms with Gasteiger partial charge in [0.15, 0.2) is 5.65 Å². The Morgan fingerprint density at radius 2 is 1.48 bits per heavy atom. The van der Waals surface area contributed by atoms with Crippen molar-refractivity contribution in [3.8, 4) is 39.5 Å². The first-order chi connectivity index (χ1) is 31.5. The van der Waals surface area contributed by atoms with Crippen LogP contribution in [0.4, 0.5) is 8.78 Å². The SMILES string of the molecule is CC(C)c1cccc(C(C)C)c1-n1c(-c2[c-]ccc3c2oc2cc(-c4cccc(F)c4)ccc23)nc2nc3ccccc3cc21.[2H]C([2H])([2H])c1c[c-]c(-c2ccc(C(C)(C)C)cn2)c(F)c1.[Ir]. The van der Waals surface area contributed by atoms with E-state index in [4.69, 9.17) is 18.5 Å². The molecular weight excluding hydrogens is 975 g/mol. The normalized spacial score (nSPS) is 12.6. The van der Waals surface area contributed by atoms with E-state index in [2.05, 4.69) is 100 Å². The molecule has 0 fully saturated rings. The third-order valence-electron chi connectivity index (χ3n) is 11.5. The average Bonchev–Trinajstić information content (AvgIpc) is 3.85. The number of pyridine rings is 2. The van der Waals surface area contributed by atoms with Gasteiger partial charge in [-0.3, -0.25) is 9.37 Å². The van der Waals surface area contributed by atoms with Crippen LogP contribution in [0.1, 0.15) is 86.7 Å². The molecule has 10 aromatic rings. The van der Waals surface area contributed by atoms with Crippen molar-refractivity contribution < 1.29 is 37.4 Å². The van der Waals surface area contributed by atoms with E-state index in [-0.39, 0.29) is 54.3 Å². The molecule has 0 unspecified atom stereocenters. The van der Waals surface area contributed by atoms with E-state index in [9.17, 15) is 8.78 Å². The van der Waals surface area contributed by atoms with Gasteiger partial charge in [0.05, 0.1) is 22.4 Å². The number of aryl methyl sites for hydroxylation is 1. The fraction of sp³-hybridized carbons (Fsp3) is 0.196. The van der Waals surface area contributed by atoms with Crippen molar-refractivity contribution in [1.29, 1.82) is 0 Å². The molecule has 0 aliphatic rings. The molecule has 6 aromatic carbocycles. The zero-order valence-electron chi connectivity index (χ0n) is 39.6. The molecule has 10 rings (SSSR count). The molecule has 0 spiro atoms. The molecule has 323 valence electrons. The van der Waals surface area contributed by atoms with E-state index in [0.29, 0.717) is 16.9 Å². The largest absolute Gasteiger partial charge is 0.501 e. The number of rotatable bonds is 6.